The number of benzene rings is 1. The third-order valence-corrected chi connectivity index (χ3v) is 3.15. The molecule has 0 atom stereocenters. The molecule has 1 aromatic carbocycles. The zero-order chi connectivity index (χ0) is 13.7. The van der Waals surface area contributed by atoms with E-state index in [0.29, 0.717) is 6.42 Å². The first-order chi connectivity index (χ1) is 9.13. The maximum atomic E-state index is 13.9. The van der Waals surface area contributed by atoms with E-state index in [1.807, 2.05) is 19.1 Å². The Morgan fingerprint density at radius 1 is 1.05 bits per heavy atom. The van der Waals surface area contributed by atoms with E-state index in [1.54, 1.807) is 24.5 Å². The van der Waals surface area contributed by atoms with Crippen LogP contribution in [0.2, 0.25) is 0 Å². The van der Waals surface area contributed by atoms with Crippen molar-refractivity contribution in [2.45, 2.75) is 32.1 Å². The van der Waals surface area contributed by atoms with Crippen molar-refractivity contribution < 1.29 is 8.78 Å². The summed E-state index contributed by atoms with van der Waals surface area (Å²) in [5, 5.41) is 0. The highest BCUT2D eigenvalue weighted by Crippen LogP contribution is 2.34. The molecule has 1 aromatic heterocycles. The van der Waals surface area contributed by atoms with E-state index in [-0.39, 0.29) is 12.0 Å². The highest BCUT2D eigenvalue weighted by Gasteiger charge is 2.30. The molecule has 2 rings (SSSR count). The Balaban J connectivity index is 2.19. The minimum absolute atomic E-state index is 0.0876. The van der Waals surface area contributed by atoms with Crippen LogP contribution >= 0.6 is 0 Å². The topological polar surface area (TPSA) is 12.9 Å². The van der Waals surface area contributed by atoms with Gasteiger partial charge in [0.25, 0.3) is 5.92 Å². The summed E-state index contributed by atoms with van der Waals surface area (Å²) < 4.78 is 27.7. The molecule has 0 aliphatic carbocycles. The summed E-state index contributed by atoms with van der Waals surface area (Å²) in [4.78, 5) is 4.02. The molecule has 0 saturated carbocycles. The summed E-state index contributed by atoms with van der Waals surface area (Å²) in [6.07, 6.45) is 4.65. The lowest BCUT2D eigenvalue weighted by atomic mass is 9.99. The molecule has 0 amide bonds. The van der Waals surface area contributed by atoms with Crippen molar-refractivity contribution in [2.75, 3.05) is 0 Å². The number of rotatable bonds is 5. The molecule has 0 bridgehead atoms. The molecule has 19 heavy (non-hydrogen) atoms. The van der Waals surface area contributed by atoms with Crippen LogP contribution in [0.1, 0.15) is 31.7 Å². The van der Waals surface area contributed by atoms with Crippen molar-refractivity contribution >= 4 is 0 Å². The highest BCUT2D eigenvalue weighted by atomic mass is 19.3. The van der Waals surface area contributed by atoms with E-state index >= 15 is 0 Å². The first kappa shape index (κ1) is 13.7. The average Bonchev–Trinajstić information content (AvgIpc) is 2.46. The van der Waals surface area contributed by atoms with Crippen LogP contribution in [0.5, 0.6) is 0 Å². The van der Waals surface area contributed by atoms with Gasteiger partial charge in [0.15, 0.2) is 0 Å². The number of nitrogens with zero attached hydrogens (tertiary/aromatic N) is 1. The number of pyridine rings is 1. The number of halogens is 2. The lowest BCUT2D eigenvalue weighted by molar-refractivity contribution is -0.0154. The molecular formula is C16H17F2N. The fourth-order valence-electron chi connectivity index (χ4n) is 1.98. The van der Waals surface area contributed by atoms with Gasteiger partial charge in [0.2, 0.25) is 0 Å². The van der Waals surface area contributed by atoms with E-state index in [0.717, 1.165) is 17.5 Å². The van der Waals surface area contributed by atoms with Crippen LogP contribution < -0.4 is 0 Å². The second kappa shape index (κ2) is 5.91. The fraction of sp³-hybridized carbons (Fsp3) is 0.312. The summed E-state index contributed by atoms with van der Waals surface area (Å²) in [7, 11) is 0. The van der Waals surface area contributed by atoms with Gasteiger partial charge in [-0.15, -0.1) is 0 Å². The molecule has 0 saturated heterocycles. The largest absolute Gasteiger partial charge is 0.273 e. The highest BCUT2D eigenvalue weighted by molar-refractivity contribution is 5.62. The number of hydrogen-bond acceptors (Lipinski definition) is 1. The smallest absolute Gasteiger partial charge is 0.264 e. The number of alkyl halides is 2. The molecule has 3 heteroatoms. The van der Waals surface area contributed by atoms with Crippen molar-refractivity contribution in [1.82, 2.24) is 4.98 Å². The van der Waals surface area contributed by atoms with Gasteiger partial charge in [-0.3, -0.25) is 4.98 Å². The van der Waals surface area contributed by atoms with Crippen LogP contribution in [-0.2, 0) is 5.92 Å². The molecule has 0 radical (unpaired) electrons. The second-order valence-corrected chi connectivity index (χ2v) is 4.63. The minimum Gasteiger partial charge on any atom is -0.264 e. The zero-order valence-electron chi connectivity index (χ0n) is 10.9. The molecule has 1 nitrogen and oxygen atoms in total. The van der Waals surface area contributed by atoms with Crippen molar-refractivity contribution in [1.29, 1.82) is 0 Å². The summed E-state index contributed by atoms with van der Waals surface area (Å²) in [5.41, 5.74) is 1.93. The van der Waals surface area contributed by atoms with Crippen LogP contribution in [0, 0.1) is 0 Å². The molecule has 2 aromatic rings. The van der Waals surface area contributed by atoms with Crippen LogP contribution in [0.15, 0.2) is 48.8 Å². The van der Waals surface area contributed by atoms with Crippen molar-refractivity contribution in [2.24, 2.45) is 0 Å². The van der Waals surface area contributed by atoms with Crippen molar-refractivity contribution in [3.05, 3.63) is 54.4 Å². The van der Waals surface area contributed by atoms with Gasteiger partial charge in [-0.1, -0.05) is 43.7 Å². The van der Waals surface area contributed by atoms with Gasteiger partial charge >= 0.3 is 0 Å². The van der Waals surface area contributed by atoms with Crippen LogP contribution in [-0.4, -0.2) is 4.98 Å². The van der Waals surface area contributed by atoms with Crippen molar-refractivity contribution in [3.8, 4) is 11.1 Å². The third kappa shape index (κ3) is 3.37. The average molecular weight is 261 g/mol. The normalized spacial score (nSPS) is 11.5. The van der Waals surface area contributed by atoms with Gasteiger partial charge in [0.05, 0.1) is 0 Å². The van der Waals surface area contributed by atoms with E-state index in [4.69, 9.17) is 0 Å². The summed E-state index contributed by atoms with van der Waals surface area (Å²) in [6.45, 7) is 1.92. The Hall–Kier alpha value is -1.77. The predicted molar refractivity (Wildman–Crippen MR) is 73.1 cm³/mol. The molecule has 1 heterocycles. The summed E-state index contributed by atoms with van der Waals surface area (Å²) >= 11 is 0. The van der Waals surface area contributed by atoms with Crippen LogP contribution in [0.25, 0.3) is 11.1 Å². The first-order valence-electron chi connectivity index (χ1n) is 6.52. The lowest BCUT2D eigenvalue weighted by Crippen LogP contribution is -2.12. The first-order valence-corrected chi connectivity index (χ1v) is 6.52. The molecule has 0 fully saturated rings. The van der Waals surface area contributed by atoms with E-state index < -0.39 is 5.92 Å². The Morgan fingerprint density at radius 3 is 2.37 bits per heavy atom. The monoisotopic (exact) mass is 261 g/mol. The number of hydrogen-bond donors (Lipinski definition) is 0. The zero-order valence-corrected chi connectivity index (χ0v) is 10.9. The summed E-state index contributed by atoms with van der Waals surface area (Å²) in [5.74, 6) is -2.73. The van der Waals surface area contributed by atoms with Gasteiger partial charge in [-0.2, -0.15) is 0 Å². The van der Waals surface area contributed by atoms with Gasteiger partial charge in [-0.25, -0.2) is 8.78 Å². The second-order valence-electron chi connectivity index (χ2n) is 4.63. The van der Waals surface area contributed by atoms with E-state index in [2.05, 4.69) is 4.98 Å². The molecule has 0 aliphatic rings. The number of aromatic nitrogens is 1. The molecule has 0 N–H and O–H groups in total. The van der Waals surface area contributed by atoms with Gasteiger partial charge in [0, 0.05) is 24.4 Å². The SMILES string of the molecule is CCCCC(F)(F)c1ccc(-c2cccnc2)cc1. The Kier molecular flexibility index (Phi) is 4.25. The van der Waals surface area contributed by atoms with E-state index in [9.17, 15) is 8.78 Å². The molecule has 0 aliphatic heterocycles. The van der Waals surface area contributed by atoms with Crippen LogP contribution in [0.3, 0.4) is 0 Å². The molecule has 100 valence electrons. The van der Waals surface area contributed by atoms with Gasteiger partial charge < -0.3 is 0 Å². The third-order valence-electron chi connectivity index (χ3n) is 3.15. The number of unbranched alkanes of at least 4 members (excludes halogenated alkanes) is 1. The molecular weight excluding hydrogens is 244 g/mol. The lowest BCUT2D eigenvalue weighted by Gasteiger charge is -2.16. The van der Waals surface area contributed by atoms with E-state index in [1.165, 1.54) is 12.1 Å². The standard InChI is InChI=1S/C16H17F2N/c1-2-3-10-16(17,18)15-8-6-13(7-9-15)14-5-4-11-19-12-14/h4-9,11-12H,2-3,10H2,1H3. The Labute approximate surface area is 112 Å². The quantitative estimate of drug-likeness (QED) is 0.735. The van der Waals surface area contributed by atoms with Gasteiger partial charge in [-0.05, 0) is 23.6 Å². The van der Waals surface area contributed by atoms with Crippen LogP contribution in [0.4, 0.5) is 8.78 Å². The Morgan fingerprint density at radius 2 is 1.79 bits per heavy atom. The summed E-state index contributed by atoms with van der Waals surface area (Å²) in [6, 6.07) is 10.2. The maximum Gasteiger partial charge on any atom is 0.273 e. The predicted octanol–water partition coefficient (Wildman–Crippen LogP) is 5.03. The maximum absolute atomic E-state index is 13.9. The molecule has 0 unspecified atom stereocenters. The van der Waals surface area contributed by atoms with Gasteiger partial charge in [0.1, 0.15) is 0 Å². The minimum atomic E-state index is -2.73. The van der Waals surface area contributed by atoms with Crippen molar-refractivity contribution in [3.63, 3.8) is 0 Å². The fourth-order valence-corrected chi connectivity index (χ4v) is 1.98. The molecule has 0 spiro atoms. The Bertz CT molecular complexity index is 506.